The van der Waals surface area contributed by atoms with Crippen molar-refractivity contribution in [2.45, 2.75) is 39.5 Å². The molecular formula is C21H25ClO4. The van der Waals surface area contributed by atoms with Gasteiger partial charge in [0.05, 0.1) is 13.2 Å². The van der Waals surface area contributed by atoms with E-state index in [-0.39, 0.29) is 12.4 Å². The number of ether oxygens (including phenoxy) is 3. The molecule has 0 aliphatic carbocycles. The van der Waals surface area contributed by atoms with Crippen LogP contribution in [-0.2, 0) is 11.2 Å². The third-order valence-electron chi connectivity index (χ3n) is 3.73. The second-order valence-corrected chi connectivity index (χ2v) is 6.28. The zero-order chi connectivity index (χ0) is 18.8. The second-order valence-electron chi connectivity index (χ2n) is 5.84. The first kappa shape index (κ1) is 20.1. The summed E-state index contributed by atoms with van der Waals surface area (Å²) in [7, 11) is 0. The molecule has 26 heavy (non-hydrogen) atoms. The molecule has 2 aromatic carbocycles. The highest BCUT2D eigenvalue weighted by Gasteiger charge is 2.10. The minimum absolute atomic E-state index is 0.282. The summed E-state index contributed by atoms with van der Waals surface area (Å²) in [6.45, 7) is 5.29. The van der Waals surface area contributed by atoms with E-state index in [9.17, 15) is 4.79 Å². The first-order valence-electron chi connectivity index (χ1n) is 8.97. The first-order valence-corrected chi connectivity index (χ1v) is 9.35. The van der Waals surface area contributed by atoms with Crippen molar-refractivity contribution < 1.29 is 19.0 Å². The monoisotopic (exact) mass is 376 g/mol. The molecule has 0 saturated carbocycles. The summed E-state index contributed by atoms with van der Waals surface area (Å²) >= 11 is 5.82. The molecule has 0 N–H and O–H groups in total. The minimum Gasteiger partial charge on any atom is -0.490 e. The van der Waals surface area contributed by atoms with E-state index >= 15 is 0 Å². The number of rotatable bonds is 10. The van der Waals surface area contributed by atoms with Crippen molar-refractivity contribution >= 4 is 17.6 Å². The average Bonchev–Trinajstić information content (AvgIpc) is 2.64. The topological polar surface area (TPSA) is 44.8 Å². The molecule has 2 aromatic rings. The van der Waals surface area contributed by atoms with Gasteiger partial charge in [-0.05, 0) is 61.7 Å². The van der Waals surface area contributed by atoms with Gasteiger partial charge in [0.2, 0.25) is 0 Å². The Morgan fingerprint density at radius 1 is 1.00 bits per heavy atom. The van der Waals surface area contributed by atoms with Gasteiger partial charge in [-0.15, -0.1) is 0 Å². The zero-order valence-corrected chi connectivity index (χ0v) is 16.1. The van der Waals surface area contributed by atoms with Gasteiger partial charge < -0.3 is 14.2 Å². The number of hydrogen-bond acceptors (Lipinski definition) is 4. The molecule has 0 amide bonds. The van der Waals surface area contributed by atoms with Crippen LogP contribution in [-0.4, -0.2) is 19.2 Å². The number of aryl methyl sites for hydroxylation is 1. The van der Waals surface area contributed by atoms with Gasteiger partial charge in [0.1, 0.15) is 5.75 Å². The van der Waals surface area contributed by atoms with Gasteiger partial charge in [-0.1, -0.05) is 31.0 Å². The number of unbranched alkanes of at least 4 members (excludes halogenated alkanes) is 1. The summed E-state index contributed by atoms with van der Waals surface area (Å²) in [4.78, 5) is 12.0. The van der Waals surface area contributed by atoms with Crippen molar-refractivity contribution in [2.75, 3.05) is 13.2 Å². The van der Waals surface area contributed by atoms with Crippen molar-refractivity contribution in [3.05, 3.63) is 53.1 Å². The van der Waals surface area contributed by atoms with Gasteiger partial charge in [-0.3, -0.25) is 4.79 Å². The van der Waals surface area contributed by atoms with Crippen LogP contribution < -0.4 is 14.2 Å². The predicted octanol–water partition coefficient (Wildman–Crippen LogP) is 5.46. The zero-order valence-electron chi connectivity index (χ0n) is 15.3. The molecule has 0 aliphatic heterocycles. The molecule has 0 saturated heterocycles. The predicted molar refractivity (Wildman–Crippen MR) is 103 cm³/mol. The van der Waals surface area contributed by atoms with Gasteiger partial charge in [0.15, 0.2) is 11.5 Å². The number of carbonyl (C=O) groups excluding carboxylic acids is 1. The van der Waals surface area contributed by atoms with Crippen molar-refractivity contribution in [1.82, 2.24) is 0 Å². The first-order chi connectivity index (χ1) is 12.6. The maximum Gasteiger partial charge on any atom is 0.311 e. The Labute approximate surface area is 160 Å². The summed E-state index contributed by atoms with van der Waals surface area (Å²) in [5.74, 6) is 1.67. The molecule has 0 spiro atoms. The molecule has 0 unspecified atom stereocenters. The number of halogens is 1. The van der Waals surface area contributed by atoms with Crippen LogP contribution in [0.1, 0.15) is 38.7 Å². The van der Waals surface area contributed by atoms with Crippen LogP contribution in [0, 0.1) is 0 Å². The van der Waals surface area contributed by atoms with Crippen LogP contribution >= 0.6 is 11.6 Å². The van der Waals surface area contributed by atoms with E-state index in [0.29, 0.717) is 36.2 Å². The second kappa shape index (κ2) is 10.7. The Bertz CT molecular complexity index is 698. The lowest BCUT2D eigenvalue weighted by Gasteiger charge is -2.13. The fourth-order valence-electron chi connectivity index (χ4n) is 2.35. The molecule has 5 heteroatoms. The number of benzene rings is 2. The van der Waals surface area contributed by atoms with Crippen molar-refractivity contribution in [3.63, 3.8) is 0 Å². The maximum absolute atomic E-state index is 12.0. The Balaban J connectivity index is 1.92. The van der Waals surface area contributed by atoms with Crippen LogP contribution in [0.3, 0.4) is 0 Å². The lowest BCUT2D eigenvalue weighted by Crippen LogP contribution is -2.09. The maximum atomic E-state index is 12.0. The van der Waals surface area contributed by atoms with Crippen LogP contribution in [0.2, 0.25) is 5.02 Å². The lowest BCUT2D eigenvalue weighted by molar-refractivity contribution is -0.134. The van der Waals surface area contributed by atoms with Gasteiger partial charge >= 0.3 is 5.97 Å². The highest BCUT2D eigenvalue weighted by atomic mass is 35.5. The molecule has 0 radical (unpaired) electrons. The summed E-state index contributed by atoms with van der Waals surface area (Å²) in [5.41, 5.74) is 1.00. The van der Waals surface area contributed by atoms with Crippen LogP contribution in [0.5, 0.6) is 17.2 Å². The quantitative estimate of drug-likeness (QED) is 0.314. The lowest BCUT2D eigenvalue weighted by atomic mass is 10.1. The van der Waals surface area contributed by atoms with Gasteiger partial charge in [-0.25, -0.2) is 0 Å². The smallest absolute Gasteiger partial charge is 0.311 e. The Hall–Kier alpha value is -2.20. The summed E-state index contributed by atoms with van der Waals surface area (Å²) in [6, 6.07) is 12.5. The molecular weight excluding hydrogens is 352 g/mol. The van der Waals surface area contributed by atoms with Gasteiger partial charge in [-0.2, -0.15) is 0 Å². The molecule has 0 bridgehead atoms. The van der Waals surface area contributed by atoms with E-state index < -0.39 is 0 Å². The molecule has 4 nitrogen and oxygen atoms in total. The Kier molecular flexibility index (Phi) is 8.29. The normalized spacial score (nSPS) is 10.4. The van der Waals surface area contributed by atoms with Crippen molar-refractivity contribution in [3.8, 4) is 17.2 Å². The summed E-state index contributed by atoms with van der Waals surface area (Å²) < 4.78 is 16.7. The molecule has 0 atom stereocenters. The number of hydrogen-bond donors (Lipinski definition) is 0. The summed E-state index contributed by atoms with van der Waals surface area (Å²) in [6.07, 6.45) is 2.94. The van der Waals surface area contributed by atoms with Gasteiger partial charge in [0, 0.05) is 11.4 Å². The standard InChI is InChI=1S/C21H25ClO4/c1-3-5-14-25-19-12-6-16(15-20(19)24-4-2)7-13-21(23)26-18-10-8-17(22)9-11-18/h6,8-12,15H,3-5,7,13-14H2,1-2H3. The fourth-order valence-corrected chi connectivity index (χ4v) is 2.48. The third kappa shape index (κ3) is 6.60. The van der Waals surface area contributed by atoms with Crippen LogP contribution in [0.4, 0.5) is 0 Å². The third-order valence-corrected chi connectivity index (χ3v) is 3.98. The average molecular weight is 377 g/mol. The SMILES string of the molecule is CCCCOc1ccc(CCC(=O)Oc2ccc(Cl)cc2)cc1OCC. The molecule has 0 aliphatic rings. The van der Waals surface area contributed by atoms with E-state index in [1.54, 1.807) is 24.3 Å². The number of carbonyl (C=O) groups is 1. The van der Waals surface area contributed by atoms with E-state index in [4.69, 9.17) is 25.8 Å². The minimum atomic E-state index is -0.284. The molecule has 2 rings (SSSR count). The highest BCUT2D eigenvalue weighted by molar-refractivity contribution is 6.30. The number of esters is 1. The van der Waals surface area contributed by atoms with Crippen LogP contribution in [0.25, 0.3) is 0 Å². The largest absolute Gasteiger partial charge is 0.490 e. The molecule has 140 valence electrons. The van der Waals surface area contributed by atoms with E-state index in [2.05, 4.69) is 6.92 Å². The van der Waals surface area contributed by atoms with E-state index in [1.165, 1.54) is 0 Å². The Morgan fingerprint density at radius 3 is 2.46 bits per heavy atom. The van der Waals surface area contributed by atoms with Crippen molar-refractivity contribution in [2.24, 2.45) is 0 Å². The van der Waals surface area contributed by atoms with Crippen LogP contribution in [0.15, 0.2) is 42.5 Å². The molecule has 0 fully saturated rings. The Morgan fingerprint density at radius 2 is 1.77 bits per heavy atom. The van der Waals surface area contributed by atoms with Crippen molar-refractivity contribution in [1.29, 1.82) is 0 Å². The summed E-state index contributed by atoms with van der Waals surface area (Å²) in [5, 5.41) is 0.606. The van der Waals surface area contributed by atoms with Gasteiger partial charge in [0.25, 0.3) is 0 Å². The van der Waals surface area contributed by atoms with E-state index in [1.807, 2.05) is 25.1 Å². The molecule has 0 heterocycles. The molecule has 0 aromatic heterocycles. The fraction of sp³-hybridized carbons (Fsp3) is 0.381. The van der Waals surface area contributed by atoms with E-state index in [0.717, 1.165) is 24.2 Å². The highest BCUT2D eigenvalue weighted by Crippen LogP contribution is 2.29.